The molecule has 2 aliphatic heterocycles. The molecule has 1 aliphatic carbocycles. The zero-order chi connectivity index (χ0) is 7.56. The van der Waals surface area contributed by atoms with E-state index >= 15 is 0 Å². The topological polar surface area (TPSA) is 9.23 Å². The van der Waals surface area contributed by atoms with Crippen molar-refractivity contribution < 1.29 is 4.74 Å². The van der Waals surface area contributed by atoms with E-state index in [1.165, 1.54) is 6.42 Å². The van der Waals surface area contributed by atoms with Gasteiger partial charge in [0.2, 0.25) is 0 Å². The SMILES string of the molecule is CC.CC1C2COCC1C2. The summed E-state index contributed by atoms with van der Waals surface area (Å²) in [7, 11) is 0. The number of ether oxygens (including phenoxy) is 1. The summed E-state index contributed by atoms with van der Waals surface area (Å²) in [6.07, 6.45) is 1.45. The van der Waals surface area contributed by atoms with E-state index in [-0.39, 0.29) is 0 Å². The minimum absolute atomic E-state index is 0.925. The molecule has 0 spiro atoms. The smallest absolute Gasteiger partial charge is 0.0497 e. The van der Waals surface area contributed by atoms with Crippen molar-refractivity contribution in [1.29, 1.82) is 0 Å². The van der Waals surface area contributed by atoms with Crippen LogP contribution < -0.4 is 0 Å². The standard InChI is InChI=1S/C7H12O.C2H6/c1-5-6-2-7(5)4-8-3-6;1-2/h5-7H,2-4H2,1H3;1-2H3. The molecule has 2 bridgehead atoms. The van der Waals surface area contributed by atoms with Crippen LogP contribution in [-0.4, -0.2) is 13.2 Å². The Hall–Kier alpha value is -0.0400. The van der Waals surface area contributed by atoms with Crippen molar-refractivity contribution in [3.8, 4) is 0 Å². The zero-order valence-corrected chi connectivity index (χ0v) is 7.26. The first kappa shape index (κ1) is 8.06. The Balaban J connectivity index is 0.000000231. The Morgan fingerprint density at radius 2 is 1.60 bits per heavy atom. The van der Waals surface area contributed by atoms with Crippen LogP contribution in [0.1, 0.15) is 27.2 Å². The molecular weight excluding hydrogens is 124 g/mol. The average Bonchev–Trinajstić information content (AvgIpc) is 2.08. The molecule has 1 heteroatoms. The number of rotatable bonds is 0. The summed E-state index contributed by atoms with van der Waals surface area (Å²) in [5.41, 5.74) is 0. The van der Waals surface area contributed by atoms with Gasteiger partial charge in [0.15, 0.2) is 0 Å². The monoisotopic (exact) mass is 142 g/mol. The number of hydrogen-bond acceptors (Lipinski definition) is 1. The molecule has 2 saturated heterocycles. The van der Waals surface area contributed by atoms with Gasteiger partial charge in [-0.3, -0.25) is 0 Å². The van der Waals surface area contributed by atoms with Crippen molar-refractivity contribution >= 4 is 0 Å². The quantitative estimate of drug-likeness (QED) is 0.504. The molecule has 0 aromatic rings. The maximum Gasteiger partial charge on any atom is 0.0497 e. The molecular formula is C9H18O. The molecule has 0 aromatic heterocycles. The van der Waals surface area contributed by atoms with Crippen molar-refractivity contribution in [2.24, 2.45) is 17.8 Å². The van der Waals surface area contributed by atoms with E-state index in [4.69, 9.17) is 4.74 Å². The van der Waals surface area contributed by atoms with Gasteiger partial charge in [0.05, 0.1) is 0 Å². The average molecular weight is 142 g/mol. The predicted molar refractivity (Wildman–Crippen MR) is 42.9 cm³/mol. The van der Waals surface area contributed by atoms with Crippen LogP contribution in [-0.2, 0) is 4.74 Å². The van der Waals surface area contributed by atoms with Gasteiger partial charge in [-0.05, 0) is 24.2 Å². The fourth-order valence-corrected chi connectivity index (χ4v) is 1.82. The predicted octanol–water partition coefficient (Wildman–Crippen LogP) is 2.32. The maximum atomic E-state index is 5.30. The highest BCUT2D eigenvalue weighted by atomic mass is 16.5. The molecule has 1 saturated carbocycles. The van der Waals surface area contributed by atoms with E-state index in [2.05, 4.69) is 6.92 Å². The number of fused-ring (bicyclic) bond motifs is 2. The van der Waals surface area contributed by atoms with Crippen LogP contribution in [0.25, 0.3) is 0 Å². The fourth-order valence-electron chi connectivity index (χ4n) is 1.82. The second-order valence-corrected chi connectivity index (χ2v) is 3.15. The summed E-state index contributed by atoms with van der Waals surface area (Å²) in [5, 5.41) is 0. The molecule has 3 aliphatic rings. The second kappa shape index (κ2) is 3.38. The van der Waals surface area contributed by atoms with Crippen LogP contribution in [0, 0.1) is 17.8 Å². The molecule has 1 nitrogen and oxygen atoms in total. The van der Waals surface area contributed by atoms with Crippen LogP contribution >= 0.6 is 0 Å². The Morgan fingerprint density at radius 3 is 1.80 bits per heavy atom. The van der Waals surface area contributed by atoms with Crippen LogP contribution in [0.3, 0.4) is 0 Å². The minimum atomic E-state index is 0.925. The Bertz CT molecular complexity index is 86.9. The van der Waals surface area contributed by atoms with E-state index in [1.807, 2.05) is 13.8 Å². The normalized spacial score (nSPS) is 42.9. The van der Waals surface area contributed by atoms with Crippen molar-refractivity contribution in [3.63, 3.8) is 0 Å². The molecule has 2 heterocycles. The minimum Gasteiger partial charge on any atom is -0.381 e. The molecule has 0 N–H and O–H groups in total. The first-order valence-corrected chi connectivity index (χ1v) is 4.45. The summed E-state index contributed by atoms with van der Waals surface area (Å²) < 4.78 is 5.30. The van der Waals surface area contributed by atoms with Gasteiger partial charge < -0.3 is 4.74 Å². The van der Waals surface area contributed by atoms with Gasteiger partial charge in [0.25, 0.3) is 0 Å². The molecule has 2 unspecified atom stereocenters. The lowest BCUT2D eigenvalue weighted by atomic mass is 9.65. The van der Waals surface area contributed by atoms with Gasteiger partial charge >= 0.3 is 0 Å². The molecule has 60 valence electrons. The summed E-state index contributed by atoms with van der Waals surface area (Å²) in [6.45, 7) is 8.43. The highest BCUT2D eigenvalue weighted by molar-refractivity contribution is 4.89. The molecule has 0 amide bonds. The molecule has 3 rings (SSSR count). The molecule has 2 atom stereocenters. The lowest BCUT2D eigenvalue weighted by Gasteiger charge is -2.47. The van der Waals surface area contributed by atoms with Gasteiger partial charge in [-0.15, -0.1) is 0 Å². The van der Waals surface area contributed by atoms with Crippen LogP contribution in [0.4, 0.5) is 0 Å². The van der Waals surface area contributed by atoms with Gasteiger partial charge in [-0.25, -0.2) is 0 Å². The van der Waals surface area contributed by atoms with E-state index in [9.17, 15) is 0 Å². The lowest BCUT2D eigenvalue weighted by Crippen LogP contribution is -2.45. The summed E-state index contributed by atoms with van der Waals surface area (Å²) in [4.78, 5) is 0. The lowest BCUT2D eigenvalue weighted by molar-refractivity contribution is -0.106. The van der Waals surface area contributed by atoms with Gasteiger partial charge in [0.1, 0.15) is 0 Å². The second-order valence-electron chi connectivity index (χ2n) is 3.15. The van der Waals surface area contributed by atoms with Crippen LogP contribution in [0.2, 0.25) is 0 Å². The third kappa shape index (κ3) is 1.20. The number of hydrogen-bond donors (Lipinski definition) is 0. The Labute approximate surface area is 63.8 Å². The van der Waals surface area contributed by atoms with E-state index in [0.29, 0.717) is 0 Å². The van der Waals surface area contributed by atoms with Gasteiger partial charge in [-0.1, -0.05) is 20.8 Å². The maximum absolute atomic E-state index is 5.30. The molecule has 0 aromatic carbocycles. The van der Waals surface area contributed by atoms with E-state index in [0.717, 1.165) is 31.0 Å². The molecule has 10 heavy (non-hydrogen) atoms. The third-order valence-corrected chi connectivity index (χ3v) is 2.76. The molecule has 0 radical (unpaired) electrons. The van der Waals surface area contributed by atoms with E-state index in [1.54, 1.807) is 0 Å². The zero-order valence-electron chi connectivity index (χ0n) is 7.26. The van der Waals surface area contributed by atoms with Crippen molar-refractivity contribution in [3.05, 3.63) is 0 Å². The first-order chi connectivity index (χ1) is 4.88. The highest BCUT2D eigenvalue weighted by Gasteiger charge is 2.41. The van der Waals surface area contributed by atoms with Crippen molar-refractivity contribution in [2.75, 3.05) is 13.2 Å². The first-order valence-electron chi connectivity index (χ1n) is 4.45. The van der Waals surface area contributed by atoms with E-state index < -0.39 is 0 Å². The Morgan fingerprint density at radius 1 is 1.10 bits per heavy atom. The largest absolute Gasteiger partial charge is 0.381 e. The Kier molecular flexibility index (Phi) is 2.72. The van der Waals surface area contributed by atoms with Gasteiger partial charge in [0, 0.05) is 13.2 Å². The summed E-state index contributed by atoms with van der Waals surface area (Å²) >= 11 is 0. The molecule has 3 fully saturated rings. The fraction of sp³-hybridized carbons (Fsp3) is 1.00. The van der Waals surface area contributed by atoms with Crippen molar-refractivity contribution in [1.82, 2.24) is 0 Å². The van der Waals surface area contributed by atoms with Crippen LogP contribution in [0.15, 0.2) is 0 Å². The van der Waals surface area contributed by atoms with Crippen molar-refractivity contribution in [2.45, 2.75) is 27.2 Å². The van der Waals surface area contributed by atoms with Gasteiger partial charge in [-0.2, -0.15) is 0 Å². The highest BCUT2D eigenvalue weighted by Crippen LogP contribution is 2.43. The van der Waals surface area contributed by atoms with Crippen LogP contribution in [0.5, 0.6) is 0 Å². The summed E-state index contributed by atoms with van der Waals surface area (Å²) in [5.74, 6) is 2.83. The third-order valence-electron chi connectivity index (χ3n) is 2.76. The summed E-state index contributed by atoms with van der Waals surface area (Å²) in [6, 6.07) is 0.